The van der Waals surface area contributed by atoms with Crippen LogP contribution in [-0.2, 0) is 18.9 Å². The molecule has 0 bridgehead atoms. The quantitative estimate of drug-likeness (QED) is 0.409. The molecule has 0 unspecified atom stereocenters. The highest BCUT2D eigenvalue weighted by Gasteiger charge is 2.38. The van der Waals surface area contributed by atoms with Crippen LogP contribution in [0.25, 0.3) is 11.4 Å². The maximum Gasteiger partial charge on any atom is 0.423 e. The lowest BCUT2D eigenvalue weighted by atomic mass is 10.0. The number of alkyl halides is 7. The van der Waals surface area contributed by atoms with E-state index >= 15 is 0 Å². The summed E-state index contributed by atoms with van der Waals surface area (Å²) >= 11 is 0. The van der Waals surface area contributed by atoms with Gasteiger partial charge < -0.3 is 10.2 Å². The predicted octanol–water partition coefficient (Wildman–Crippen LogP) is 4.59. The molecule has 8 nitrogen and oxygen atoms in total. The Morgan fingerprint density at radius 2 is 1.69 bits per heavy atom. The number of rotatable bonds is 7. The first-order valence-corrected chi connectivity index (χ1v) is 11.2. The molecule has 1 aromatic carbocycles. The van der Waals surface area contributed by atoms with Gasteiger partial charge in [0.15, 0.2) is 5.82 Å². The number of halogens is 8. The van der Waals surface area contributed by atoms with Gasteiger partial charge in [0.2, 0.25) is 0 Å². The molecule has 0 saturated heterocycles. The van der Waals surface area contributed by atoms with Crippen LogP contribution in [-0.4, -0.2) is 49.7 Å². The van der Waals surface area contributed by atoms with Gasteiger partial charge in [-0.3, -0.25) is 9.59 Å². The van der Waals surface area contributed by atoms with E-state index in [0.717, 1.165) is 17.2 Å². The summed E-state index contributed by atoms with van der Waals surface area (Å²) in [4.78, 5) is 32.4. The molecule has 0 saturated carbocycles. The van der Waals surface area contributed by atoms with E-state index in [4.69, 9.17) is 0 Å². The number of hydrogen-bond donors (Lipinski definition) is 2. The third-order valence-corrected chi connectivity index (χ3v) is 5.86. The van der Waals surface area contributed by atoms with E-state index in [1.807, 2.05) is 0 Å². The highest BCUT2D eigenvalue weighted by Crippen LogP contribution is 2.33. The summed E-state index contributed by atoms with van der Waals surface area (Å²) in [7, 11) is 0. The highest BCUT2D eigenvalue weighted by molar-refractivity contribution is 5.99. The van der Waals surface area contributed by atoms with Crippen LogP contribution in [0.2, 0.25) is 0 Å². The summed E-state index contributed by atoms with van der Waals surface area (Å²) in [5, 5.41) is 7.42. The summed E-state index contributed by atoms with van der Waals surface area (Å²) < 4.78 is 107. The van der Waals surface area contributed by atoms with Crippen LogP contribution in [0.3, 0.4) is 0 Å². The van der Waals surface area contributed by atoms with Gasteiger partial charge in [0.25, 0.3) is 11.5 Å². The largest absolute Gasteiger partial charge is 0.423 e. The Labute approximate surface area is 214 Å². The van der Waals surface area contributed by atoms with Crippen LogP contribution in [0.1, 0.15) is 40.4 Å². The van der Waals surface area contributed by atoms with Gasteiger partial charge in [-0.15, -0.1) is 0 Å². The molecule has 0 spiro atoms. The van der Waals surface area contributed by atoms with Crippen LogP contribution in [0.15, 0.2) is 35.5 Å². The molecule has 208 valence electrons. The lowest BCUT2D eigenvalue weighted by molar-refractivity contribution is -0.139. The SMILES string of the molecule is C[C@H](C[C@@H](F)CN1Cc2cc(-c3ncc(C(F)(F)F)cn3)c(F)cc2C1=O)Nc1cn[nH]c(=O)c1C(F)(F)F. The number of aromatic amines is 1. The van der Waals surface area contributed by atoms with Gasteiger partial charge >= 0.3 is 12.4 Å². The molecule has 0 radical (unpaired) electrons. The molecule has 2 atom stereocenters. The summed E-state index contributed by atoms with van der Waals surface area (Å²) in [6, 6.07) is 1.15. The van der Waals surface area contributed by atoms with Crippen LogP contribution < -0.4 is 10.9 Å². The average molecular weight is 562 g/mol. The van der Waals surface area contributed by atoms with Crippen LogP contribution in [0, 0.1) is 5.82 Å². The van der Waals surface area contributed by atoms with Gasteiger partial charge in [-0.1, -0.05) is 0 Å². The van der Waals surface area contributed by atoms with Crippen molar-refractivity contribution in [1.82, 2.24) is 25.1 Å². The number of H-pyrrole nitrogens is 1. The Hall–Kier alpha value is -4.11. The van der Waals surface area contributed by atoms with Crippen molar-refractivity contribution in [3.05, 3.63) is 69.1 Å². The van der Waals surface area contributed by atoms with Crippen LogP contribution >= 0.6 is 0 Å². The first-order chi connectivity index (χ1) is 18.1. The van der Waals surface area contributed by atoms with E-state index in [9.17, 15) is 44.7 Å². The number of aromatic nitrogens is 4. The number of carbonyl (C=O) groups excluding carboxylic acids is 1. The lowest BCUT2D eigenvalue weighted by Gasteiger charge is -2.23. The third kappa shape index (κ3) is 5.98. The van der Waals surface area contributed by atoms with Crippen molar-refractivity contribution in [3.8, 4) is 11.4 Å². The molecule has 16 heteroatoms. The zero-order valence-corrected chi connectivity index (χ0v) is 19.8. The molecule has 3 heterocycles. The van der Waals surface area contributed by atoms with Gasteiger partial charge in [0, 0.05) is 37.0 Å². The molecule has 1 aliphatic rings. The minimum absolute atomic E-state index is 0.0778. The number of anilines is 1. The molecular weight excluding hydrogens is 544 g/mol. The number of hydrogen-bond acceptors (Lipinski definition) is 6. The summed E-state index contributed by atoms with van der Waals surface area (Å²) in [5.41, 5.74) is -4.81. The second-order valence-corrected chi connectivity index (χ2v) is 8.83. The summed E-state index contributed by atoms with van der Waals surface area (Å²) in [5.74, 6) is -2.01. The number of carbonyl (C=O) groups is 1. The van der Waals surface area contributed by atoms with Crippen molar-refractivity contribution in [1.29, 1.82) is 0 Å². The second kappa shape index (κ2) is 10.2. The van der Waals surface area contributed by atoms with Gasteiger partial charge in [0.1, 0.15) is 17.6 Å². The first kappa shape index (κ1) is 27.9. The van der Waals surface area contributed by atoms with Gasteiger partial charge in [-0.25, -0.2) is 23.8 Å². The normalized spacial score (nSPS) is 15.3. The van der Waals surface area contributed by atoms with Crippen molar-refractivity contribution in [2.24, 2.45) is 0 Å². The van der Waals surface area contributed by atoms with Crippen LogP contribution in [0.5, 0.6) is 0 Å². The van der Waals surface area contributed by atoms with Gasteiger partial charge in [-0.2, -0.15) is 31.4 Å². The van der Waals surface area contributed by atoms with E-state index in [1.165, 1.54) is 13.0 Å². The molecule has 0 fully saturated rings. The van der Waals surface area contributed by atoms with Crippen molar-refractivity contribution >= 4 is 11.6 Å². The Bertz CT molecular complexity index is 1440. The Balaban J connectivity index is 1.43. The molecule has 2 N–H and O–H groups in total. The molecule has 2 aromatic heterocycles. The van der Waals surface area contributed by atoms with Crippen LogP contribution in [0.4, 0.5) is 40.8 Å². The second-order valence-electron chi connectivity index (χ2n) is 8.83. The molecule has 39 heavy (non-hydrogen) atoms. The zero-order valence-electron chi connectivity index (χ0n) is 19.8. The number of amides is 1. The minimum Gasteiger partial charge on any atom is -0.381 e. The molecule has 3 aromatic rings. The van der Waals surface area contributed by atoms with Crippen molar-refractivity contribution in [2.75, 3.05) is 11.9 Å². The lowest BCUT2D eigenvalue weighted by Crippen LogP contribution is -2.34. The van der Waals surface area contributed by atoms with E-state index in [2.05, 4.69) is 20.4 Å². The Morgan fingerprint density at radius 1 is 1.03 bits per heavy atom. The molecule has 4 rings (SSSR count). The highest BCUT2D eigenvalue weighted by atomic mass is 19.4. The minimum atomic E-state index is -4.99. The summed E-state index contributed by atoms with van der Waals surface area (Å²) in [6.45, 7) is 0.744. The maximum atomic E-state index is 14.9. The van der Waals surface area contributed by atoms with E-state index in [0.29, 0.717) is 12.4 Å². The van der Waals surface area contributed by atoms with Crippen molar-refractivity contribution < 1.29 is 39.9 Å². The number of benzene rings is 1. The van der Waals surface area contributed by atoms with Gasteiger partial charge in [0.05, 0.1) is 29.6 Å². The molecule has 0 aliphatic carbocycles. The molecule has 1 amide bonds. The first-order valence-electron chi connectivity index (χ1n) is 11.2. The standard InChI is InChI=1S/C23H18F8N6O2/c1-10(35-17-7-34-36-20(38)18(17)23(29,30)31)2-13(24)9-37-8-11-3-15(16(25)4-14(11)21(37)39)19-32-5-12(6-33-19)22(26,27)28/h3-7,10,13H,2,8-9H2,1H3,(H2,35,36,38)/t10-,13-/m1/s1. The summed E-state index contributed by atoms with van der Waals surface area (Å²) in [6.07, 6.45) is -10.0. The van der Waals surface area contributed by atoms with Crippen molar-refractivity contribution in [3.63, 3.8) is 0 Å². The fraction of sp³-hybridized carbons (Fsp3) is 0.348. The zero-order chi connectivity index (χ0) is 28.7. The predicted molar refractivity (Wildman–Crippen MR) is 120 cm³/mol. The fourth-order valence-corrected chi connectivity index (χ4v) is 4.14. The number of fused-ring (bicyclic) bond motifs is 1. The topological polar surface area (TPSA) is 104 Å². The average Bonchev–Trinajstić information content (AvgIpc) is 3.11. The molecule has 1 aliphatic heterocycles. The molecular formula is C23H18F8N6O2. The smallest absolute Gasteiger partial charge is 0.381 e. The Morgan fingerprint density at radius 3 is 2.31 bits per heavy atom. The number of nitrogens with zero attached hydrogens (tertiary/aromatic N) is 4. The van der Waals surface area contributed by atoms with E-state index in [1.54, 1.807) is 5.10 Å². The Kier molecular flexibility index (Phi) is 7.32. The number of nitrogens with one attached hydrogen (secondary N) is 2. The third-order valence-electron chi connectivity index (χ3n) is 5.86. The van der Waals surface area contributed by atoms with E-state index < -0.39 is 65.2 Å². The van der Waals surface area contributed by atoms with Gasteiger partial charge in [-0.05, 0) is 24.6 Å². The monoisotopic (exact) mass is 562 g/mol. The fourth-order valence-electron chi connectivity index (χ4n) is 4.14. The maximum absolute atomic E-state index is 14.9. The van der Waals surface area contributed by atoms with E-state index in [-0.39, 0.29) is 35.5 Å². The van der Waals surface area contributed by atoms with Crippen molar-refractivity contribution in [2.45, 2.75) is 44.5 Å².